The van der Waals surface area contributed by atoms with E-state index in [1.807, 2.05) is 32.0 Å². The van der Waals surface area contributed by atoms with Crippen molar-refractivity contribution in [3.8, 4) is 0 Å². The summed E-state index contributed by atoms with van der Waals surface area (Å²) in [5.74, 6) is 1.65. The third-order valence-corrected chi connectivity index (χ3v) is 6.06. The number of carbonyl (C=O) groups excluding carboxylic acids is 1. The summed E-state index contributed by atoms with van der Waals surface area (Å²) in [5.41, 5.74) is 2.06. The number of rotatable bonds is 7. The van der Waals surface area contributed by atoms with Crippen molar-refractivity contribution in [2.75, 3.05) is 11.1 Å². The molecule has 2 heterocycles. The van der Waals surface area contributed by atoms with Crippen LogP contribution in [0.2, 0.25) is 0 Å². The molecule has 1 aromatic carbocycles. The van der Waals surface area contributed by atoms with E-state index in [4.69, 9.17) is 4.42 Å². The molecule has 0 saturated carbocycles. The molecule has 0 bridgehead atoms. The summed E-state index contributed by atoms with van der Waals surface area (Å²) in [4.78, 5) is 16.2. The minimum Gasteiger partial charge on any atom is -0.437 e. The van der Waals surface area contributed by atoms with E-state index in [1.165, 1.54) is 28.7 Å². The molecular weight excluding hydrogens is 376 g/mol. The summed E-state index contributed by atoms with van der Waals surface area (Å²) in [5, 5.41) is 11.9. The second-order valence-electron chi connectivity index (χ2n) is 5.11. The third kappa shape index (κ3) is 5.32. The minimum absolute atomic E-state index is 0.158. The zero-order valence-corrected chi connectivity index (χ0v) is 16.1. The van der Waals surface area contributed by atoms with E-state index in [-0.39, 0.29) is 11.7 Å². The Kier molecular flexibility index (Phi) is 6.11. The van der Waals surface area contributed by atoms with E-state index < -0.39 is 0 Å². The van der Waals surface area contributed by atoms with Crippen LogP contribution in [-0.4, -0.2) is 26.8 Å². The number of hydrogen-bond donors (Lipinski definition) is 1. The van der Waals surface area contributed by atoms with Crippen molar-refractivity contribution in [2.24, 2.45) is 0 Å². The van der Waals surface area contributed by atoms with E-state index in [9.17, 15) is 4.79 Å². The molecule has 2 aromatic heterocycles. The third-order valence-electron chi connectivity index (χ3n) is 3.19. The van der Waals surface area contributed by atoms with Gasteiger partial charge in [0.15, 0.2) is 4.34 Å². The lowest BCUT2D eigenvalue weighted by Gasteiger charge is -1.98. The van der Waals surface area contributed by atoms with Crippen molar-refractivity contribution in [3.05, 3.63) is 47.3 Å². The Bertz CT molecular complexity index is 829. The maximum Gasteiger partial charge on any atom is 0.256 e. The lowest BCUT2D eigenvalue weighted by molar-refractivity contribution is -0.113. The highest BCUT2D eigenvalue weighted by molar-refractivity contribution is 8.00. The number of hydrogen-bond acceptors (Lipinski definition) is 8. The number of carbonyl (C=O) groups is 1. The second kappa shape index (κ2) is 8.50. The van der Waals surface area contributed by atoms with Crippen LogP contribution in [0.3, 0.4) is 0 Å². The van der Waals surface area contributed by atoms with Gasteiger partial charge in [-0.3, -0.25) is 10.1 Å². The van der Waals surface area contributed by atoms with Crippen LogP contribution in [0.5, 0.6) is 0 Å². The second-order valence-corrected chi connectivity index (χ2v) is 8.23. The molecule has 6 nitrogen and oxygen atoms in total. The van der Waals surface area contributed by atoms with Gasteiger partial charge in [-0.1, -0.05) is 65.2 Å². The largest absolute Gasteiger partial charge is 0.437 e. The Balaban J connectivity index is 1.46. The summed E-state index contributed by atoms with van der Waals surface area (Å²) in [7, 11) is 0. The quantitative estimate of drug-likeness (QED) is 0.477. The van der Waals surface area contributed by atoms with Crippen LogP contribution in [0.1, 0.15) is 17.0 Å². The van der Waals surface area contributed by atoms with Gasteiger partial charge in [-0.2, -0.15) is 0 Å². The predicted octanol–water partition coefficient (Wildman–Crippen LogP) is 4.17. The van der Waals surface area contributed by atoms with Crippen molar-refractivity contribution in [3.63, 3.8) is 0 Å². The van der Waals surface area contributed by atoms with Crippen LogP contribution in [-0.2, 0) is 10.5 Å². The Hall–Kier alpha value is -1.84. The van der Waals surface area contributed by atoms with Crippen LogP contribution in [0.15, 0.2) is 44.3 Å². The number of benzene rings is 1. The van der Waals surface area contributed by atoms with E-state index in [2.05, 4.69) is 32.6 Å². The van der Waals surface area contributed by atoms with Gasteiger partial charge in [0.05, 0.1) is 11.4 Å². The number of thioether (sulfide) groups is 2. The number of aryl methyl sites for hydroxylation is 2. The standard InChI is InChI=1S/C16H16N4O2S3/c1-10-11(2)22-15(17-10)23-9-13(21)18-14-19-20-16(25-14)24-8-12-6-4-3-5-7-12/h3-7H,8-9H2,1-2H3,(H,18,19,21). The van der Waals surface area contributed by atoms with Crippen LogP contribution in [0.25, 0.3) is 0 Å². The molecule has 0 spiro atoms. The van der Waals surface area contributed by atoms with Crippen molar-refractivity contribution in [1.82, 2.24) is 15.2 Å². The first kappa shape index (κ1) is 18.0. The Morgan fingerprint density at radius 1 is 1.20 bits per heavy atom. The first-order valence-corrected chi connectivity index (χ1v) is 10.3. The molecule has 130 valence electrons. The maximum absolute atomic E-state index is 12.0. The summed E-state index contributed by atoms with van der Waals surface area (Å²) in [6.07, 6.45) is 0. The number of amides is 1. The van der Waals surface area contributed by atoms with E-state index in [1.54, 1.807) is 11.8 Å². The average molecular weight is 393 g/mol. The first-order chi connectivity index (χ1) is 12.1. The highest BCUT2D eigenvalue weighted by Crippen LogP contribution is 2.28. The zero-order valence-electron chi connectivity index (χ0n) is 13.7. The molecule has 0 fully saturated rings. The van der Waals surface area contributed by atoms with Crippen molar-refractivity contribution in [1.29, 1.82) is 0 Å². The highest BCUT2D eigenvalue weighted by Gasteiger charge is 2.12. The summed E-state index contributed by atoms with van der Waals surface area (Å²) in [6, 6.07) is 10.2. The Labute approximate surface area is 157 Å². The normalized spacial score (nSPS) is 10.8. The summed E-state index contributed by atoms with van der Waals surface area (Å²) < 4.78 is 6.26. The molecule has 3 rings (SSSR count). The summed E-state index contributed by atoms with van der Waals surface area (Å²) in [6.45, 7) is 3.72. The van der Waals surface area contributed by atoms with Crippen molar-refractivity contribution < 1.29 is 9.21 Å². The smallest absolute Gasteiger partial charge is 0.256 e. The molecule has 0 aliphatic heterocycles. The van der Waals surface area contributed by atoms with Gasteiger partial charge in [0, 0.05) is 5.75 Å². The molecule has 0 unspecified atom stereocenters. The fourth-order valence-electron chi connectivity index (χ4n) is 1.83. The zero-order chi connectivity index (χ0) is 17.6. The molecule has 9 heteroatoms. The number of anilines is 1. The average Bonchev–Trinajstić information content (AvgIpc) is 3.18. The molecule has 0 atom stereocenters. The lowest BCUT2D eigenvalue weighted by atomic mass is 10.2. The van der Waals surface area contributed by atoms with Gasteiger partial charge in [0.1, 0.15) is 5.76 Å². The predicted molar refractivity (Wildman–Crippen MR) is 101 cm³/mol. The highest BCUT2D eigenvalue weighted by atomic mass is 32.2. The van der Waals surface area contributed by atoms with E-state index in [0.717, 1.165) is 21.5 Å². The van der Waals surface area contributed by atoms with Crippen LogP contribution in [0, 0.1) is 13.8 Å². The number of nitrogens with one attached hydrogen (secondary N) is 1. The molecule has 1 amide bonds. The molecule has 0 saturated heterocycles. The fraction of sp³-hybridized carbons (Fsp3) is 0.250. The summed E-state index contributed by atoms with van der Waals surface area (Å²) >= 11 is 4.23. The van der Waals surface area contributed by atoms with Gasteiger partial charge >= 0.3 is 0 Å². The fourth-order valence-corrected chi connectivity index (χ4v) is 4.26. The van der Waals surface area contributed by atoms with Crippen molar-refractivity contribution in [2.45, 2.75) is 29.2 Å². The molecule has 3 aromatic rings. The molecule has 0 aliphatic carbocycles. The SMILES string of the molecule is Cc1nc(SCC(=O)Nc2nnc(SCc3ccccc3)s2)oc1C. The first-order valence-electron chi connectivity index (χ1n) is 7.47. The lowest BCUT2D eigenvalue weighted by Crippen LogP contribution is -2.13. The van der Waals surface area contributed by atoms with Gasteiger partial charge in [-0.05, 0) is 19.4 Å². The van der Waals surface area contributed by atoms with E-state index in [0.29, 0.717) is 10.4 Å². The van der Waals surface area contributed by atoms with Gasteiger partial charge in [0.25, 0.3) is 5.22 Å². The van der Waals surface area contributed by atoms with Gasteiger partial charge in [0.2, 0.25) is 11.0 Å². The van der Waals surface area contributed by atoms with Crippen LogP contribution in [0.4, 0.5) is 5.13 Å². The van der Waals surface area contributed by atoms with Gasteiger partial charge < -0.3 is 4.42 Å². The van der Waals surface area contributed by atoms with Crippen LogP contribution >= 0.6 is 34.9 Å². The molecule has 1 N–H and O–H groups in total. The van der Waals surface area contributed by atoms with Gasteiger partial charge in [-0.15, -0.1) is 10.2 Å². The molecule has 0 radical (unpaired) electrons. The number of nitrogens with zero attached hydrogens (tertiary/aromatic N) is 3. The molecule has 0 aliphatic rings. The minimum atomic E-state index is -0.158. The van der Waals surface area contributed by atoms with Gasteiger partial charge in [-0.25, -0.2) is 4.98 Å². The van der Waals surface area contributed by atoms with Crippen molar-refractivity contribution >= 4 is 45.9 Å². The number of aromatic nitrogens is 3. The van der Waals surface area contributed by atoms with E-state index >= 15 is 0 Å². The Morgan fingerprint density at radius 3 is 2.72 bits per heavy atom. The van der Waals surface area contributed by atoms with Crippen LogP contribution < -0.4 is 5.32 Å². The molecular formula is C16H16N4O2S3. The Morgan fingerprint density at radius 2 is 2.00 bits per heavy atom. The topological polar surface area (TPSA) is 80.9 Å². The maximum atomic E-state index is 12.0. The molecule has 25 heavy (non-hydrogen) atoms. The number of oxazole rings is 1. The monoisotopic (exact) mass is 392 g/mol.